The van der Waals surface area contributed by atoms with Crippen LogP contribution in [0.3, 0.4) is 0 Å². The summed E-state index contributed by atoms with van der Waals surface area (Å²) in [7, 11) is 0. The molecule has 0 unspecified atom stereocenters. The van der Waals surface area contributed by atoms with E-state index < -0.39 is 0 Å². The molecule has 3 N–H and O–H groups in total. The fraction of sp³-hybridized carbons (Fsp3) is 0.0667. The predicted molar refractivity (Wildman–Crippen MR) is 78.8 cm³/mol. The van der Waals surface area contributed by atoms with E-state index in [9.17, 15) is 4.79 Å². The number of carbonyl (C=O) groups is 1. The molecule has 5 heteroatoms. The molecular weight excluding hydrogens is 252 g/mol. The number of nitrogens with zero attached hydrogens (tertiary/aromatic N) is 1. The Morgan fingerprint density at radius 3 is 2.70 bits per heavy atom. The molecule has 0 saturated heterocycles. The van der Waals surface area contributed by atoms with Crippen LogP contribution in [0.25, 0.3) is 11.3 Å². The van der Waals surface area contributed by atoms with Crippen molar-refractivity contribution in [2.75, 3.05) is 17.2 Å². The molecule has 3 aliphatic rings. The zero-order valence-corrected chi connectivity index (χ0v) is 10.8. The van der Waals surface area contributed by atoms with Crippen LogP contribution < -0.4 is 10.6 Å². The van der Waals surface area contributed by atoms with Crippen LogP contribution in [0, 0.1) is 0 Å². The maximum Gasteiger partial charge on any atom is 0.243 e. The van der Waals surface area contributed by atoms with Crippen molar-refractivity contribution in [2.24, 2.45) is 0 Å². The molecule has 5 nitrogen and oxygen atoms in total. The van der Waals surface area contributed by atoms with Crippen LogP contribution in [0.5, 0.6) is 0 Å². The number of fused-ring (bicyclic) bond motifs is 2. The summed E-state index contributed by atoms with van der Waals surface area (Å²) in [5.41, 5.74) is 4.17. The van der Waals surface area contributed by atoms with E-state index in [1.807, 2.05) is 48.7 Å². The highest BCUT2D eigenvalue weighted by atomic mass is 16.2. The van der Waals surface area contributed by atoms with E-state index in [0.717, 1.165) is 22.6 Å². The minimum absolute atomic E-state index is 0.0173. The van der Waals surface area contributed by atoms with Crippen LogP contribution in [0.4, 0.5) is 11.4 Å². The van der Waals surface area contributed by atoms with Gasteiger partial charge in [0.1, 0.15) is 0 Å². The Labute approximate surface area is 116 Å². The van der Waals surface area contributed by atoms with Crippen molar-refractivity contribution in [1.82, 2.24) is 9.97 Å². The van der Waals surface area contributed by atoms with Gasteiger partial charge in [-0.2, -0.15) is 0 Å². The molecule has 1 aliphatic carbocycles. The zero-order valence-electron chi connectivity index (χ0n) is 10.8. The third-order valence-electron chi connectivity index (χ3n) is 3.00. The van der Waals surface area contributed by atoms with Gasteiger partial charge in [0.05, 0.1) is 24.2 Å². The summed E-state index contributed by atoms with van der Waals surface area (Å²) in [6, 6.07) is 13.7. The van der Waals surface area contributed by atoms with Crippen molar-refractivity contribution in [3.63, 3.8) is 0 Å². The Balaban J connectivity index is 0.000000123. The summed E-state index contributed by atoms with van der Waals surface area (Å²) in [4.78, 5) is 17.8. The molecule has 2 aliphatic heterocycles. The van der Waals surface area contributed by atoms with E-state index in [-0.39, 0.29) is 5.91 Å². The highest BCUT2D eigenvalue weighted by Crippen LogP contribution is 2.22. The van der Waals surface area contributed by atoms with E-state index in [1.54, 1.807) is 6.33 Å². The number of rotatable bonds is 0. The molecule has 0 aromatic heterocycles. The van der Waals surface area contributed by atoms with Gasteiger partial charge in [0.2, 0.25) is 5.91 Å². The second-order valence-corrected chi connectivity index (χ2v) is 4.39. The largest absolute Gasteiger partial charge is 0.374 e. The van der Waals surface area contributed by atoms with Gasteiger partial charge in [-0.25, -0.2) is 4.98 Å². The van der Waals surface area contributed by atoms with Crippen LogP contribution >= 0.6 is 0 Å². The van der Waals surface area contributed by atoms with E-state index in [2.05, 4.69) is 20.6 Å². The van der Waals surface area contributed by atoms with Gasteiger partial charge in [-0.05, 0) is 18.2 Å². The summed E-state index contributed by atoms with van der Waals surface area (Å²) in [6.45, 7) is 0.372. The van der Waals surface area contributed by atoms with Crippen LogP contribution in [0.2, 0.25) is 0 Å². The van der Waals surface area contributed by atoms with E-state index in [1.165, 1.54) is 0 Å². The SMILES string of the molecule is O=C1CNc2ccccc2N1.c1cc2cnc[nH]c-2c1. The second-order valence-electron chi connectivity index (χ2n) is 4.39. The first-order chi connectivity index (χ1) is 9.83. The van der Waals surface area contributed by atoms with Crippen molar-refractivity contribution in [2.45, 2.75) is 0 Å². The lowest BCUT2D eigenvalue weighted by molar-refractivity contribution is -0.114. The molecule has 100 valence electrons. The summed E-state index contributed by atoms with van der Waals surface area (Å²) in [5, 5.41) is 5.76. The number of carbonyl (C=O) groups excluding carboxylic acids is 1. The first-order valence-electron chi connectivity index (χ1n) is 6.33. The van der Waals surface area contributed by atoms with Crippen molar-refractivity contribution < 1.29 is 4.79 Å². The normalized spacial score (nSPS) is 12.7. The van der Waals surface area contributed by atoms with Gasteiger partial charge in [0.25, 0.3) is 0 Å². The van der Waals surface area contributed by atoms with Crippen LogP contribution in [-0.2, 0) is 4.79 Å². The minimum atomic E-state index is 0.0173. The van der Waals surface area contributed by atoms with Gasteiger partial charge in [-0.1, -0.05) is 24.3 Å². The average molecular weight is 266 g/mol. The lowest BCUT2D eigenvalue weighted by Gasteiger charge is -2.17. The molecule has 4 rings (SSSR count). The fourth-order valence-electron chi connectivity index (χ4n) is 2.02. The lowest BCUT2D eigenvalue weighted by Crippen LogP contribution is -2.27. The van der Waals surface area contributed by atoms with Crippen molar-refractivity contribution in [1.29, 1.82) is 0 Å². The van der Waals surface area contributed by atoms with E-state index in [4.69, 9.17) is 0 Å². The number of hydrogen-bond donors (Lipinski definition) is 3. The topological polar surface area (TPSA) is 69.8 Å². The van der Waals surface area contributed by atoms with Gasteiger partial charge in [0.15, 0.2) is 0 Å². The van der Waals surface area contributed by atoms with Gasteiger partial charge in [-0.3, -0.25) is 4.79 Å². The molecular formula is C15H14N4O. The molecule has 0 radical (unpaired) electrons. The first kappa shape index (κ1) is 12.2. The van der Waals surface area contributed by atoms with E-state index in [0.29, 0.717) is 6.54 Å². The number of aromatic amines is 1. The molecule has 1 aromatic rings. The molecule has 1 aromatic carbocycles. The molecule has 20 heavy (non-hydrogen) atoms. The number of anilines is 2. The highest BCUT2D eigenvalue weighted by molar-refractivity contribution is 6.00. The van der Waals surface area contributed by atoms with Gasteiger partial charge in [-0.15, -0.1) is 0 Å². The summed E-state index contributed by atoms with van der Waals surface area (Å²) in [5.74, 6) is 0.0173. The number of para-hydroxylation sites is 2. The molecule has 1 amide bonds. The Morgan fingerprint density at radius 2 is 1.85 bits per heavy atom. The third-order valence-corrected chi connectivity index (χ3v) is 3.00. The Morgan fingerprint density at radius 1 is 1.00 bits per heavy atom. The van der Waals surface area contributed by atoms with Gasteiger partial charge >= 0.3 is 0 Å². The van der Waals surface area contributed by atoms with Crippen molar-refractivity contribution in [3.05, 3.63) is 55.0 Å². The van der Waals surface area contributed by atoms with Crippen LogP contribution in [0.1, 0.15) is 0 Å². The molecule has 0 bridgehead atoms. The molecule has 2 heterocycles. The molecule has 0 saturated carbocycles. The van der Waals surface area contributed by atoms with E-state index >= 15 is 0 Å². The number of nitrogens with one attached hydrogen (secondary N) is 3. The first-order valence-corrected chi connectivity index (χ1v) is 6.33. The lowest BCUT2D eigenvalue weighted by atomic mass is 10.2. The Hall–Kier alpha value is -2.82. The standard InChI is InChI=1S/C8H8N2O.C7H6N2/c11-8-5-9-6-3-1-2-4-7(6)10-8;1-2-6-4-8-5-9-7(6)3-1/h1-4,9H,5H2,(H,10,11);1-5H,(H,8,9). The molecule has 0 spiro atoms. The van der Waals surface area contributed by atoms with Crippen molar-refractivity contribution in [3.8, 4) is 11.3 Å². The Kier molecular flexibility index (Phi) is 3.33. The van der Waals surface area contributed by atoms with Crippen LogP contribution in [-0.4, -0.2) is 22.4 Å². The summed E-state index contributed by atoms with van der Waals surface area (Å²) >= 11 is 0. The monoisotopic (exact) mass is 266 g/mol. The highest BCUT2D eigenvalue weighted by Gasteiger charge is 2.11. The fourth-order valence-corrected chi connectivity index (χ4v) is 2.02. The molecule has 0 fully saturated rings. The van der Waals surface area contributed by atoms with Crippen molar-refractivity contribution >= 4 is 17.3 Å². The molecule has 0 atom stereocenters. The van der Waals surface area contributed by atoms with Gasteiger partial charge in [0, 0.05) is 17.5 Å². The zero-order chi connectivity index (χ0) is 13.8. The summed E-state index contributed by atoms with van der Waals surface area (Å²) in [6.07, 6.45) is 3.52. The number of aromatic nitrogens is 2. The number of H-pyrrole nitrogens is 1. The predicted octanol–water partition coefficient (Wildman–Crippen LogP) is 2.57. The Bertz CT molecular complexity index is 665. The number of hydrogen-bond acceptors (Lipinski definition) is 3. The number of benzene rings is 1. The average Bonchev–Trinajstić information content (AvgIpc) is 2.96. The third kappa shape index (κ3) is 2.61. The quantitative estimate of drug-likeness (QED) is 0.585. The smallest absolute Gasteiger partial charge is 0.243 e. The van der Waals surface area contributed by atoms with Gasteiger partial charge < -0.3 is 15.6 Å². The maximum absolute atomic E-state index is 10.9. The summed E-state index contributed by atoms with van der Waals surface area (Å²) < 4.78 is 0. The number of amides is 1. The maximum atomic E-state index is 10.9. The van der Waals surface area contributed by atoms with Crippen LogP contribution in [0.15, 0.2) is 55.0 Å². The second kappa shape index (κ2) is 5.44. The minimum Gasteiger partial charge on any atom is -0.374 e.